The third kappa shape index (κ3) is 3.21. The molecule has 0 aromatic heterocycles. The largest absolute Gasteiger partial charge is 0.490 e. The van der Waals surface area contributed by atoms with E-state index in [1.165, 1.54) is 12.1 Å². The summed E-state index contributed by atoms with van der Waals surface area (Å²) in [4.78, 5) is 21.6. The van der Waals surface area contributed by atoms with Crippen LogP contribution in [0.25, 0.3) is 0 Å². The molecule has 0 saturated heterocycles. The van der Waals surface area contributed by atoms with Crippen molar-refractivity contribution in [1.29, 1.82) is 0 Å². The number of ether oxygens (including phenoxy) is 1. The fourth-order valence-electron chi connectivity index (χ4n) is 1.87. The van der Waals surface area contributed by atoms with Crippen LogP contribution in [0.2, 0.25) is 0 Å². The highest BCUT2D eigenvalue weighted by Crippen LogP contribution is 2.38. The summed E-state index contributed by atoms with van der Waals surface area (Å²) in [6, 6.07) is 2.69. The van der Waals surface area contributed by atoms with Crippen LogP contribution < -0.4 is 4.74 Å². The average molecular weight is 267 g/mol. The molecule has 1 N–H and O–H groups in total. The standard InChI is InChI=1S/C13H17NO5/c1-7(2)11-10(19-8(3)4)6-5-9(13(15)16)12(11)14(17)18/h5-8H,1-4H3,(H,15,16). The number of carboxylic acids is 1. The molecule has 0 amide bonds. The highest BCUT2D eigenvalue weighted by atomic mass is 16.6. The molecule has 0 saturated carbocycles. The van der Waals surface area contributed by atoms with E-state index < -0.39 is 10.9 Å². The first kappa shape index (κ1) is 14.9. The zero-order valence-electron chi connectivity index (χ0n) is 11.3. The lowest BCUT2D eigenvalue weighted by molar-refractivity contribution is -0.386. The van der Waals surface area contributed by atoms with E-state index in [9.17, 15) is 14.9 Å². The quantitative estimate of drug-likeness (QED) is 0.653. The summed E-state index contributed by atoms with van der Waals surface area (Å²) in [5.41, 5.74) is -0.385. The fraction of sp³-hybridized carbons (Fsp3) is 0.462. The fourth-order valence-corrected chi connectivity index (χ4v) is 1.87. The minimum atomic E-state index is -1.32. The number of benzene rings is 1. The molecule has 0 aliphatic rings. The van der Waals surface area contributed by atoms with Gasteiger partial charge in [0.1, 0.15) is 11.3 Å². The average Bonchev–Trinajstić information content (AvgIpc) is 2.26. The second-order valence-corrected chi connectivity index (χ2v) is 4.76. The summed E-state index contributed by atoms with van der Waals surface area (Å²) in [5.74, 6) is -1.17. The summed E-state index contributed by atoms with van der Waals surface area (Å²) in [5, 5.41) is 20.2. The van der Waals surface area contributed by atoms with E-state index in [-0.39, 0.29) is 23.3 Å². The first-order chi connectivity index (χ1) is 8.75. The molecular formula is C13H17NO5. The van der Waals surface area contributed by atoms with Crippen molar-refractivity contribution < 1.29 is 19.6 Å². The lowest BCUT2D eigenvalue weighted by atomic mass is 9.96. The van der Waals surface area contributed by atoms with Gasteiger partial charge in [0.25, 0.3) is 5.69 Å². The van der Waals surface area contributed by atoms with E-state index in [1.807, 2.05) is 0 Å². The van der Waals surface area contributed by atoms with Gasteiger partial charge < -0.3 is 9.84 Å². The van der Waals surface area contributed by atoms with Gasteiger partial charge in [0.15, 0.2) is 0 Å². The molecule has 19 heavy (non-hydrogen) atoms. The Morgan fingerprint density at radius 2 is 1.89 bits per heavy atom. The van der Waals surface area contributed by atoms with Crippen molar-refractivity contribution in [2.45, 2.75) is 39.7 Å². The SMILES string of the molecule is CC(C)Oc1ccc(C(=O)O)c([N+](=O)[O-])c1C(C)C. The maximum absolute atomic E-state index is 11.2. The molecule has 104 valence electrons. The number of hydrogen-bond acceptors (Lipinski definition) is 4. The Balaban J connectivity index is 3.58. The topological polar surface area (TPSA) is 89.7 Å². The molecule has 0 aliphatic carbocycles. The van der Waals surface area contributed by atoms with Gasteiger partial charge in [0.05, 0.1) is 16.6 Å². The molecule has 0 radical (unpaired) electrons. The van der Waals surface area contributed by atoms with Crippen LogP contribution in [-0.2, 0) is 0 Å². The summed E-state index contributed by atoms with van der Waals surface area (Å²) in [6.45, 7) is 7.14. The van der Waals surface area contributed by atoms with Crippen LogP contribution in [0.5, 0.6) is 5.75 Å². The van der Waals surface area contributed by atoms with Crippen LogP contribution in [0, 0.1) is 10.1 Å². The second-order valence-electron chi connectivity index (χ2n) is 4.76. The van der Waals surface area contributed by atoms with Gasteiger partial charge in [-0.2, -0.15) is 0 Å². The molecule has 0 spiro atoms. The Bertz CT molecular complexity index is 508. The number of rotatable bonds is 5. The molecule has 0 atom stereocenters. The predicted octanol–water partition coefficient (Wildman–Crippen LogP) is 3.20. The first-order valence-corrected chi connectivity index (χ1v) is 5.97. The van der Waals surface area contributed by atoms with E-state index in [2.05, 4.69) is 0 Å². The van der Waals surface area contributed by atoms with Crippen LogP contribution >= 0.6 is 0 Å². The number of carbonyl (C=O) groups is 1. The van der Waals surface area contributed by atoms with Crippen molar-refractivity contribution in [3.63, 3.8) is 0 Å². The summed E-state index contributed by atoms with van der Waals surface area (Å²) < 4.78 is 5.53. The van der Waals surface area contributed by atoms with Gasteiger partial charge in [-0.15, -0.1) is 0 Å². The van der Waals surface area contributed by atoms with Crippen molar-refractivity contribution in [2.75, 3.05) is 0 Å². The molecule has 0 bridgehead atoms. The van der Waals surface area contributed by atoms with Gasteiger partial charge in [-0.3, -0.25) is 10.1 Å². The molecule has 0 fully saturated rings. The van der Waals surface area contributed by atoms with Gasteiger partial charge in [0, 0.05) is 0 Å². The third-order valence-electron chi connectivity index (χ3n) is 2.53. The number of aromatic carboxylic acids is 1. The van der Waals surface area contributed by atoms with Crippen LogP contribution in [0.4, 0.5) is 5.69 Å². The zero-order valence-corrected chi connectivity index (χ0v) is 11.3. The van der Waals surface area contributed by atoms with E-state index in [0.29, 0.717) is 11.3 Å². The minimum Gasteiger partial charge on any atom is -0.490 e. The van der Waals surface area contributed by atoms with Gasteiger partial charge in [-0.25, -0.2) is 4.79 Å². The van der Waals surface area contributed by atoms with Crippen LogP contribution in [0.3, 0.4) is 0 Å². The van der Waals surface area contributed by atoms with Gasteiger partial charge in [-0.05, 0) is 31.9 Å². The molecular weight excluding hydrogens is 250 g/mol. The first-order valence-electron chi connectivity index (χ1n) is 5.97. The molecule has 0 aliphatic heterocycles. The number of hydrogen-bond donors (Lipinski definition) is 1. The van der Waals surface area contributed by atoms with Gasteiger partial charge in [-0.1, -0.05) is 13.8 Å². The summed E-state index contributed by atoms with van der Waals surface area (Å²) >= 11 is 0. The van der Waals surface area contributed by atoms with Gasteiger partial charge in [0.2, 0.25) is 0 Å². The van der Waals surface area contributed by atoms with Crippen LogP contribution in [0.1, 0.15) is 49.5 Å². The van der Waals surface area contributed by atoms with E-state index >= 15 is 0 Å². The highest BCUT2D eigenvalue weighted by molar-refractivity contribution is 5.93. The Hall–Kier alpha value is -2.11. The molecule has 0 unspecified atom stereocenters. The molecule has 1 aromatic carbocycles. The number of nitro benzene ring substituents is 1. The van der Waals surface area contributed by atoms with E-state index in [1.54, 1.807) is 27.7 Å². The Labute approximate surface area is 111 Å². The maximum Gasteiger partial charge on any atom is 0.342 e. The molecule has 1 aromatic rings. The van der Waals surface area contributed by atoms with Crippen molar-refractivity contribution in [3.05, 3.63) is 33.4 Å². The summed E-state index contributed by atoms with van der Waals surface area (Å²) in [6.07, 6.45) is -0.146. The molecule has 6 nitrogen and oxygen atoms in total. The lowest BCUT2D eigenvalue weighted by Gasteiger charge is -2.17. The van der Waals surface area contributed by atoms with Crippen molar-refractivity contribution in [1.82, 2.24) is 0 Å². The second kappa shape index (κ2) is 5.69. The number of carboxylic acid groups (broad SMARTS) is 1. The monoisotopic (exact) mass is 267 g/mol. The number of nitrogens with zero attached hydrogens (tertiary/aromatic N) is 1. The minimum absolute atomic E-state index is 0.146. The smallest absolute Gasteiger partial charge is 0.342 e. The van der Waals surface area contributed by atoms with Crippen LogP contribution in [0.15, 0.2) is 12.1 Å². The Kier molecular flexibility index (Phi) is 4.47. The van der Waals surface area contributed by atoms with E-state index in [0.717, 1.165) is 0 Å². The highest BCUT2D eigenvalue weighted by Gasteiger charge is 2.29. The van der Waals surface area contributed by atoms with E-state index in [4.69, 9.17) is 9.84 Å². The van der Waals surface area contributed by atoms with Crippen molar-refractivity contribution >= 4 is 11.7 Å². The van der Waals surface area contributed by atoms with Gasteiger partial charge >= 0.3 is 5.97 Å². The van der Waals surface area contributed by atoms with Crippen molar-refractivity contribution in [2.24, 2.45) is 0 Å². The third-order valence-corrected chi connectivity index (χ3v) is 2.53. The summed E-state index contributed by atoms with van der Waals surface area (Å²) in [7, 11) is 0. The molecule has 6 heteroatoms. The predicted molar refractivity (Wildman–Crippen MR) is 69.9 cm³/mol. The molecule has 0 heterocycles. The van der Waals surface area contributed by atoms with Crippen LogP contribution in [-0.4, -0.2) is 22.1 Å². The van der Waals surface area contributed by atoms with Crippen molar-refractivity contribution in [3.8, 4) is 5.75 Å². The Morgan fingerprint density at radius 3 is 2.26 bits per heavy atom. The number of nitro groups is 1. The zero-order chi connectivity index (χ0) is 14.7. The maximum atomic E-state index is 11.2. The molecule has 1 rings (SSSR count). The Morgan fingerprint density at radius 1 is 1.32 bits per heavy atom. The lowest BCUT2D eigenvalue weighted by Crippen LogP contribution is -2.12. The normalized spacial score (nSPS) is 10.8.